The molecular formula is C28H36N2O5. The van der Waals surface area contributed by atoms with Gasteiger partial charge in [-0.05, 0) is 57.6 Å². The van der Waals surface area contributed by atoms with Gasteiger partial charge in [0.1, 0.15) is 5.76 Å². The molecule has 188 valence electrons. The molecule has 0 bridgehead atoms. The lowest BCUT2D eigenvalue weighted by molar-refractivity contribution is -0.140. The van der Waals surface area contributed by atoms with E-state index in [0.29, 0.717) is 42.2 Å². The molecule has 3 rings (SSSR count). The molecule has 1 atom stereocenters. The van der Waals surface area contributed by atoms with Crippen molar-refractivity contribution in [2.75, 3.05) is 39.9 Å². The molecule has 0 radical (unpaired) electrons. The standard InChI is InChI=1S/C28H36N2O5/c1-6-29(7-2)16-9-17-30-25(21-14-15-22(35-8-3)23(18-21)34-5)24(27(32)28(30)33)26(31)20-12-10-19(4)11-13-20/h10-15,18,25,31H,6-9,16-17H2,1-5H3/t25-/m0/s1. The Labute approximate surface area is 207 Å². The van der Waals surface area contributed by atoms with Gasteiger partial charge in [0.05, 0.1) is 25.3 Å². The van der Waals surface area contributed by atoms with Crippen molar-refractivity contribution in [2.45, 2.75) is 40.2 Å². The van der Waals surface area contributed by atoms with Crippen molar-refractivity contribution in [2.24, 2.45) is 0 Å². The minimum Gasteiger partial charge on any atom is -0.507 e. The zero-order valence-corrected chi connectivity index (χ0v) is 21.3. The number of methoxy groups -OCH3 is 1. The molecule has 0 unspecified atom stereocenters. The van der Waals surface area contributed by atoms with Crippen molar-refractivity contribution in [3.05, 3.63) is 64.7 Å². The molecule has 0 saturated carbocycles. The van der Waals surface area contributed by atoms with E-state index < -0.39 is 17.7 Å². The molecule has 2 aromatic rings. The Morgan fingerprint density at radius 3 is 2.31 bits per heavy atom. The summed E-state index contributed by atoms with van der Waals surface area (Å²) in [5, 5.41) is 11.2. The lowest BCUT2D eigenvalue weighted by atomic mass is 9.94. The summed E-state index contributed by atoms with van der Waals surface area (Å²) in [5.41, 5.74) is 2.31. The van der Waals surface area contributed by atoms with Crippen LogP contribution in [0.25, 0.3) is 5.76 Å². The van der Waals surface area contributed by atoms with Gasteiger partial charge < -0.3 is 24.4 Å². The molecule has 1 fully saturated rings. The lowest BCUT2D eigenvalue weighted by Gasteiger charge is -2.27. The second kappa shape index (κ2) is 11.9. The van der Waals surface area contributed by atoms with Crippen molar-refractivity contribution in [1.82, 2.24) is 9.80 Å². The van der Waals surface area contributed by atoms with Gasteiger partial charge in [-0.2, -0.15) is 0 Å². The molecule has 1 aliphatic rings. The number of carbonyl (C=O) groups excluding carboxylic acids is 2. The number of nitrogens with zero attached hydrogens (tertiary/aromatic N) is 2. The van der Waals surface area contributed by atoms with E-state index in [9.17, 15) is 14.7 Å². The number of aryl methyl sites for hydroxylation is 1. The van der Waals surface area contributed by atoms with Crippen LogP contribution < -0.4 is 9.47 Å². The number of hydrogen-bond donors (Lipinski definition) is 1. The number of benzene rings is 2. The first-order valence-corrected chi connectivity index (χ1v) is 12.2. The van der Waals surface area contributed by atoms with E-state index in [0.717, 1.165) is 25.2 Å². The summed E-state index contributed by atoms with van der Waals surface area (Å²) in [6.45, 7) is 11.6. The first-order chi connectivity index (χ1) is 16.9. The Morgan fingerprint density at radius 1 is 1.03 bits per heavy atom. The van der Waals surface area contributed by atoms with Gasteiger partial charge in [0.25, 0.3) is 11.7 Å². The van der Waals surface area contributed by atoms with E-state index in [1.54, 1.807) is 36.3 Å². The van der Waals surface area contributed by atoms with Crippen molar-refractivity contribution in [3.63, 3.8) is 0 Å². The van der Waals surface area contributed by atoms with Crippen molar-refractivity contribution in [3.8, 4) is 11.5 Å². The van der Waals surface area contributed by atoms with Crippen LogP contribution in [0.3, 0.4) is 0 Å². The summed E-state index contributed by atoms with van der Waals surface area (Å²) in [6, 6.07) is 11.9. The third-order valence-corrected chi connectivity index (χ3v) is 6.44. The Morgan fingerprint density at radius 2 is 1.71 bits per heavy atom. The average Bonchev–Trinajstić information content (AvgIpc) is 3.12. The zero-order valence-electron chi connectivity index (χ0n) is 21.3. The summed E-state index contributed by atoms with van der Waals surface area (Å²) >= 11 is 0. The highest BCUT2D eigenvalue weighted by atomic mass is 16.5. The number of aliphatic hydroxyl groups is 1. The van der Waals surface area contributed by atoms with Gasteiger partial charge in [0.15, 0.2) is 11.5 Å². The monoisotopic (exact) mass is 480 g/mol. The second-order valence-corrected chi connectivity index (χ2v) is 8.58. The fourth-order valence-corrected chi connectivity index (χ4v) is 4.46. The van der Waals surface area contributed by atoms with Gasteiger partial charge in [-0.1, -0.05) is 49.7 Å². The van der Waals surface area contributed by atoms with Crippen LogP contribution in [0.15, 0.2) is 48.0 Å². The molecule has 2 aromatic carbocycles. The first kappa shape index (κ1) is 26.3. The van der Waals surface area contributed by atoms with Gasteiger partial charge in [-0.25, -0.2) is 0 Å². The quantitative estimate of drug-likeness (QED) is 0.289. The van der Waals surface area contributed by atoms with E-state index in [2.05, 4.69) is 18.7 Å². The molecule has 1 aliphatic heterocycles. The molecule has 1 N–H and O–H groups in total. The predicted molar refractivity (Wildman–Crippen MR) is 137 cm³/mol. The number of carbonyl (C=O) groups is 2. The molecular weight excluding hydrogens is 444 g/mol. The van der Waals surface area contributed by atoms with Gasteiger partial charge in [0.2, 0.25) is 0 Å². The van der Waals surface area contributed by atoms with E-state index in [1.165, 1.54) is 0 Å². The fourth-order valence-electron chi connectivity index (χ4n) is 4.46. The van der Waals surface area contributed by atoms with Crippen LogP contribution >= 0.6 is 0 Å². The van der Waals surface area contributed by atoms with Crippen LogP contribution in [0.4, 0.5) is 0 Å². The van der Waals surface area contributed by atoms with E-state index in [1.807, 2.05) is 32.0 Å². The summed E-state index contributed by atoms with van der Waals surface area (Å²) in [7, 11) is 1.55. The Kier molecular flexibility index (Phi) is 8.93. The number of Topliss-reactive ketones (excluding diaryl/α,β-unsaturated/α-hetero) is 1. The Balaban J connectivity index is 2.08. The van der Waals surface area contributed by atoms with E-state index >= 15 is 0 Å². The third-order valence-electron chi connectivity index (χ3n) is 6.44. The molecule has 1 saturated heterocycles. The molecule has 1 amide bonds. The lowest BCUT2D eigenvalue weighted by Crippen LogP contribution is -2.33. The number of amides is 1. The number of ether oxygens (including phenoxy) is 2. The molecule has 1 heterocycles. The Bertz CT molecular complexity index is 1070. The molecule has 7 nitrogen and oxygen atoms in total. The highest BCUT2D eigenvalue weighted by Crippen LogP contribution is 2.42. The van der Waals surface area contributed by atoms with Gasteiger partial charge in [0, 0.05) is 12.1 Å². The van der Waals surface area contributed by atoms with Gasteiger partial charge in [-0.15, -0.1) is 0 Å². The highest BCUT2D eigenvalue weighted by Gasteiger charge is 2.46. The van der Waals surface area contributed by atoms with Crippen LogP contribution in [0.2, 0.25) is 0 Å². The van der Waals surface area contributed by atoms with Crippen molar-refractivity contribution >= 4 is 17.4 Å². The topological polar surface area (TPSA) is 79.3 Å². The summed E-state index contributed by atoms with van der Waals surface area (Å²) in [5.74, 6) is -0.364. The maximum absolute atomic E-state index is 13.2. The van der Waals surface area contributed by atoms with Crippen LogP contribution in [-0.2, 0) is 9.59 Å². The summed E-state index contributed by atoms with van der Waals surface area (Å²) in [6.07, 6.45) is 0.712. The van der Waals surface area contributed by atoms with Crippen LogP contribution in [0.5, 0.6) is 11.5 Å². The number of rotatable bonds is 11. The molecule has 0 aliphatic carbocycles. The number of likely N-dealkylation sites (tertiary alicyclic amines) is 1. The SMILES string of the molecule is CCOc1ccc([C@H]2C(=C(O)c3ccc(C)cc3)C(=O)C(=O)N2CCCN(CC)CC)cc1OC. The maximum atomic E-state index is 13.2. The predicted octanol–water partition coefficient (Wildman–Crippen LogP) is 4.56. The first-order valence-electron chi connectivity index (χ1n) is 12.2. The number of aliphatic hydroxyl groups excluding tert-OH is 1. The van der Waals surface area contributed by atoms with Crippen molar-refractivity contribution < 1.29 is 24.2 Å². The number of hydrogen-bond acceptors (Lipinski definition) is 6. The van der Waals surface area contributed by atoms with Crippen molar-refractivity contribution in [1.29, 1.82) is 0 Å². The third kappa shape index (κ3) is 5.68. The normalized spacial score (nSPS) is 17.3. The average molecular weight is 481 g/mol. The van der Waals surface area contributed by atoms with Gasteiger partial charge in [-0.3, -0.25) is 9.59 Å². The smallest absolute Gasteiger partial charge is 0.295 e. The van der Waals surface area contributed by atoms with Gasteiger partial charge >= 0.3 is 0 Å². The number of ketones is 1. The second-order valence-electron chi connectivity index (χ2n) is 8.58. The van der Waals surface area contributed by atoms with Crippen LogP contribution in [0.1, 0.15) is 49.9 Å². The molecule has 35 heavy (non-hydrogen) atoms. The molecule has 7 heteroatoms. The molecule has 0 spiro atoms. The largest absolute Gasteiger partial charge is 0.507 e. The highest BCUT2D eigenvalue weighted by molar-refractivity contribution is 6.46. The Hall–Kier alpha value is -3.32. The van der Waals surface area contributed by atoms with Crippen LogP contribution in [-0.4, -0.2) is 66.5 Å². The summed E-state index contributed by atoms with van der Waals surface area (Å²) in [4.78, 5) is 30.3. The zero-order chi connectivity index (χ0) is 25.5. The molecule has 0 aromatic heterocycles. The van der Waals surface area contributed by atoms with E-state index in [-0.39, 0.29) is 11.3 Å². The fraction of sp³-hybridized carbons (Fsp3) is 0.429. The summed E-state index contributed by atoms with van der Waals surface area (Å²) < 4.78 is 11.2. The minimum atomic E-state index is -0.724. The van der Waals surface area contributed by atoms with E-state index in [4.69, 9.17) is 9.47 Å². The maximum Gasteiger partial charge on any atom is 0.295 e. The van der Waals surface area contributed by atoms with Crippen LogP contribution in [0, 0.1) is 6.92 Å². The minimum absolute atomic E-state index is 0.0907.